The molecular formula is C25H26F2N6O2. The zero-order valence-electron chi connectivity index (χ0n) is 19.5. The molecule has 0 bridgehead atoms. The number of carbonyl (C=O) groups is 1. The second-order valence-electron chi connectivity index (χ2n) is 8.91. The number of hydrogen-bond donors (Lipinski definition) is 3. The average Bonchev–Trinajstić information content (AvgIpc) is 3.26. The van der Waals surface area contributed by atoms with E-state index in [9.17, 15) is 13.6 Å². The average molecular weight is 481 g/mol. The van der Waals surface area contributed by atoms with Crippen LogP contribution in [0.15, 0.2) is 30.5 Å². The maximum absolute atomic E-state index is 14.5. The van der Waals surface area contributed by atoms with Gasteiger partial charge in [-0.15, -0.1) is 0 Å². The fraction of sp³-hybridized carbons (Fsp3) is 0.320. The van der Waals surface area contributed by atoms with Crippen LogP contribution in [0.4, 0.5) is 26.2 Å². The van der Waals surface area contributed by atoms with Gasteiger partial charge < -0.3 is 26.0 Å². The van der Waals surface area contributed by atoms with Gasteiger partial charge in [-0.2, -0.15) is 4.98 Å². The monoisotopic (exact) mass is 480 g/mol. The van der Waals surface area contributed by atoms with Gasteiger partial charge in [0.2, 0.25) is 5.95 Å². The Kier molecular flexibility index (Phi) is 5.98. The summed E-state index contributed by atoms with van der Waals surface area (Å²) < 4.78 is 34.3. The minimum atomic E-state index is -0.730. The summed E-state index contributed by atoms with van der Waals surface area (Å²) in [6, 6.07) is 5.69. The highest BCUT2D eigenvalue weighted by Crippen LogP contribution is 2.38. The minimum absolute atomic E-state index is 0.0554. The molecule has 0 spiro atoms. The van der Waals surface area contributed by atoms with Gasteiger partial charge in [0.25, 0.3) is 5.91 Å². The van der Waals surface area contributed by atoms with Crippen molar-refractivity contribution >= 4 is 23.4 Å². The van der Waals surface area contributed by atoms with Crippen molar-refractivity contribution < 1.29 is 18.3 Å². The maximum Gasteiger partial charge on any atom is 0.254 e. The number of ether oxygens (including phenoxy) is 1. The maximum atomic E-state index is 14.5. The Balaban J connectivity index is 1.47. The normalized spacial score (nSPS) is 17.0. The summed E-state index contributed by atoms with van der Waals surface area (Å²) in [7, 11) is 3.66. The number of amides is 1. The summed E-state index contributed by atoms with van der Waals surface area (Å²) in [6.45, 7) is 1.79. The molecule has 0 radical (unpaired) electrons. The van der Waals surface area contributed by atoms with Crippen molar-refractivity contribution in [1.29, 1.82) is 0 Å². The Hall–Kier alpha value is -3.79. The van der Waals surface area contributed by atoms with Crippen LogP contribution in [0.3, 0.4) is 0 Å². The van der Waals surface area contributed by atoms with Crippen molar-refractivity contribution in [2.45, 2.75) is 31.8 Å². The SMILES string of the molecule is COc1cc2c(cc1Nc1ncc(C(N)=O)c(NC3CCc4c(F)ccc(F)c43)n1)CN(C)CC2. The number of halogens is 2. The number of anilines is 3. The number of nitrogens with two attached hydrogens (primary N) is 1. The molecule has 3 aromatic rings. The van der Waals surface area contributed by atoms with Gasteiger partial charge in [-0.3, -0.25) is 4.79 Å². The number of hydrogen-bond acceptors (Lipinski definition) is 7. The summed E-state index contributed by atoms with van der Waals surface area (Å²) in [4.78, 5) is 23.0. The molecule has 2 aromatic carbocycles. The predicted molar refractivity (Wildman–Crippen MR) is 128 cm³/mol. The van der Waals surface area contributed by atoms with Crippen LogP contribution in [0, 0.1) is 11.6 Å². The van der Waals surface area contributed by atoms with Crippen molar-refractivity contribution in [1.82, 2.24) is 14.9 Å². The first-order chi connectivity index (χ1) is 16.8. The molecule has 1 aromatic heterocycles. The molecule has 35 heavy (non-hydrogen) atoms. The molecule has 5 rings (SSSR count). The Morgan fingerprint density at radius 2 is 2.00 bits per heavy atom. The zero-order valence-corrected chi connectivity index (χ0v) is 19.5. The number of fused-ring (bicyclic) bond motifs is 2. The largest absolute Gasteiger partial charge is 0.495 e. The number of methoxy groups -OCH3 is 1. The van der Waals surface area contributed by atoms with Crippen LogP contribution in [0.2, 0.25) is 0 Å². The molecule has 1 unspecified atom stereocenters. The van der Waals surface area contributed by atoms with Gasteiger partial charge in [0.05, 0.1) is 24.4 Å². The molecular weight excluding hydrogens is 454 g/mol. The molecule has 0 fully saturated rings. The van der Waals surface area contributed by atoms with E-state index in [1.165, 1.54) is 17.3 Å². The number of rotatable bonds is 6. The third-order valence-electron chi connectivity index (χ3n) is 6.61. The molecule has 0 saturated heterocycles. The summed E-state index contributed by atoms with van der Waals surface area (Å²) in [5.74, 6) is -0.686. The fourth-order valence-electron chi connectivity index (χ4n) is 4.83. The minimum Gasteiger partial charge on any atom is -0.495 e. The quantitative estimate of drug-likeness (QED) is 0.494. The lowest BCUT2D eigenvalue weighted by Gasteiger charge is -2.26. The lowest BCUT2D eigenvalue weighted by atomic mass is 9.99. The van der Waals surface area contributed by atoms with Crippen molar-refractivity contribution in [2.75, 3.05) is 31.3 Å². The molecule has 4 N–H and O–H groups in total. The van der Waals surface area contributed by atoms with Gasteiger partial charge >= 0.3 is 0 Å². The molecule has 1 aliphatic heterocycles. The van der Waals surface area contributed by atoms with E-state index in [4.69, 9.17) is 10.5 Å². The van der Waals surface area contributed by atoms with Crippen LogP contribution in [0.5, 0.6) is 5.75 Å². The van der Waals surface area contributed by atoms with Gasteiger partial charge in [-0.05, 0) is 67.3 Å². The molecule has 2 aliphatic rings. The van der Waals surface area contributed by atoms with Crippen molar-refractivity contribution in [3.05, 3.63) is 69.9 Å². The first-order valence-corrected chi connectivity index (χ1v) is 11.4. The third-order valence-corrected chi connectivity index (χ3v) is 6.61. The number of carbonyl (C=O) groups excluding carboxylic acids is 1. The van der Waals surface area contributed by atoms with Crippen LogP contribution in [0.25, 0.3) is 0 Å². The summed E-state index contributed by atoms with van der Waals surface area (Å²) in [5, 5.41) is 6.26. The highest BCUT2D eigenvalue weighted by atomic mass is 19.1. The number of aromatic nitrogens is 2. The Bertz CT molecular complexity index is 1320. The van der Waals surface area contributed by atoms with E-state index in [0.29, 0.717) is 29.8 Å². The van der Waals surface area contributed by atoms with E-state index in [1.54, 1.807) is 7.11 Å². The van der Waals surface area contributed by atoms with Crippen LogP contribution in [0.1, 0.15) is 45.1 Å². The van der Waals surface area contributed by atoms with Crippen LogP contribution in [-0.4, -0.2) is 41.5 Å². The van der Waals surface area contributed by atoms with Gasteiger partial charge in [0, 0.05) is 24.8 Å². The van der Waals surface area contributed by atoms with Crippen molar-refractivity contribution in [2.24, 2.45) is 5.73 Å². The molecule has 182 valence electrons. The molecule has 2 heterocycles. The van der Waals surface area contributed by atoms with E-state index in [0.717, 1.165) is 31.6 Å². The highest BCUT2D eigenvalue weighted by molar-refractivity contribution is 5.97. The van der Waals surface area contributed by atoms with Gasteiger partial charge in [-0.25, -0.2) is 13.8 Å². The molecule has 1 amide bonds. The van der Waals surface area contributed by atoms with Crippen LogP contribution >= 0.6 is 0 Å². The zero-order chi connectivity index (χ0) is 24.7. The van der Waals surface area contributed by atoms with E-state index >= 15 is 0 Å². The van der Waals surface area contributed by atoms with E-state index < -0.39 is 23.6 Å². The molecule has 0 saturated carbocycles. The predicted octanol–water partition coefficient (Wildman–Crippen LogP) is 3.69. The Morgan fingerprint density at radius 3 is 2.77 bits per heavy atom. The number of nitrogens with one attached hydrogen (secondary N) is 2. The number of benzene rings is 2. The highest BCUT2D eigenvalue weighted by Gasteiger charge is 2.30. The Labute approximate surface area is 201 Å². The molecule has 10 heteroatoms. The fourth-order valence-corrected chi connectivity index (χ4v) is 4.83. The molecule has 8 nitrogen and oxygen atoms in total. The van der Waals surface area contributed by atoms with Crippen molar-refractivity contribution in [3.8, 4) is 5.75 Å². The van der Waals surface area contributed by atoms with E-state index in [1.807, 2.05) is 12.1 Å². The second-order valence-corrected chi connectivity index (χ2v) is 8.91. The van der Waals surface area contributed by atoms with Crippen LogP contribution < -0.4 is 21.1 Å². The number of primary amides is 1. The van der Waals surface area contributed by atoms with Crippen LogP contribution in [-0.2, 0) is 19.4 Å². The van der Waals surface area contributed by atoms with E-state index in [-0.39, 0.29) is 22.9 Å². The smallest absolute Gasteiger partial charge is 0.254 e. The third kappa shape index (κ3) is 4.37. The van der Waals surface area contributed by atoms with Gasteiger partial charge in [0.1, 0.15) is 23.2 Å². The number of nitrogens with zero attached hydrogens (tertiary/aromatic N) is 3. The lowest BCUT2D eigenvalue weighted by molar-refractivity contribution is 0.100. The van der Waals surface area contributed by atoms with Gasteiger partial charge in [-0.1, -0.05) is 0 Å². The second kappa shape index (κ2) is 9.10. The summed E-state index contributed by atoms with van der Waals surface area (Å²) in [5.41, 5.74) is 9.25. The molecule has 1 aliphatic carbocycles. The summed E-state index contributed by atoms with van der Waals surface area (Å²) >= 11 is 0. The topological polar surface area (TPSA) is 105 Å². The van der Waals surface area contributed by atoms with E-state index in [2.05, 4.69) is 32.5 Å². The standard InChI is InChI=1S/C25H26F2N6O2/c1-33-8-7-13-10-21(35-2)20(9-14(13)12-33)31-25-29-11-16(23(28)34)24(32-25)30-19-6-3-15-17(26)4-5-18(27)22(15)19/h4-5,9-11,19H,3,6-8,12H2,1-2H3,(H2,28,34)(H2,29,30,31,32). The Morgan fingerprint density at radius 1 is 1.20 bits per heavy atom. The number of likely N-dealkylation sites (N-methyl/N-ethyl adjacent to an activating group) is 1. The first-order valence-electron chi connectivity index (χ1n) is 11.4. The van der Waals surface area contributed by atoms with Crippen molar-refractivity contribution in [3.63, 3.8) is 0 Å². The summed E-state index contributed by atoms with van der Waals surface area (Å²) in [6.07, 6.45) is 3.07. The molecule has 1 atom stereocenters. The van der Waals surface area contributed by atoms with Gasteiger partial charge in [0.15, 0.2) is 0 Å². The first kappa shape index (κ1) is 23.0. The lowest BCUT2D eigenvalue weighted by Crippen LogP contribution is -2.26.